The zero-order valence-electron chi connectivity index (χ0n) is 12.7. The molecule has 0 unspecified atom stereocenters. The maximum atomic E-state index is 5.28. The van der Waals surface area contributed by atoms with E-state index in [0.717, 1.165) is 11.3 Å². The first-order chi connectivity index (χ1) is 10.1. The molecule has 116 valence electrons. The molecule has 1 aromatic rings. The highest BCUT2D eigenvalue weighted by molar-refractivity contribution is 7.80. The molecule has 0 radical (unpaired) electrons. The van der Waals surface area contributed by atoms with Gasteiger partial charge in [-0.2, -0.15) is 5.10 Å². The number of nitrogens with zero attached hydrogens (tertiary/aromatic N) is 1. The lowest BCUT2D eigenvalue weighted by Gasteiger charge is -2.13. The van der Waals surface area contributed by atoms with Gasteiger partial charge in [0.05, 0.1) is 27.0 Å². The third-order valence-corrected chi connectivity index (χ3v) is 2.81. The lowest BCUT2D eigenvalue weighted by atomic mass is 10.2. The molecule has 0 aliphatic heterocycles. The van der Waals surface area contributed by atoms with Crippen molar-refractivity contribution >= 4 is 23.5 Å². The fourth-order valence-electron chi connectivity index (χ4n) is 1.63. The van der Waals surface area contributed by atoms with Crippen LogP contribution in [0.25, 0.3) is 0 Å². The largest absolute Gasteiger partial charge is 0.497 e. The Morgan fingerprint density at radius 3 is 2.71 bits per heavy atom. The van der Waals surface area contributed by atoms with Gasteiger partial charge in [-0.1, -0.05) is 0 Å². The van der Waals surface area contributed by atoms with Crippen LogP contribution in [0.3, 0.4) is 0 Å². The number of methoxy groups -OCH3 is 3. The quantitative estimate of drug-likeness (QED) is 0.452. The number of nitrogens with one attached hydrogen (secondary N) is 2. The van der Waals surface area contributed by atoms with Crippen LogP contribution in [-0.2, 0) is 4.74 Å². The molecule has 0 spiro atoms. The minimum atomic E-state index is 0.112. The van der Waals surface area contributed by atoms with Crippen LogP contribution in [0.15, 0.2) is 23.3 Å². The van der Waals surface area contributed by atoms with Crippen LogP contribution in [0, 0.1) is 0 Å². The van der Waals surface area contributed by atoms with Gasteiger partial charge >= 0.3 is 0 Å². The zero-order chi connectivity index (χ0) is 15.7. The number of hydrazone groups is 1. The van der Waals surface area contributed by atoms with E-state index in [1.165, 1.54) is 0 Å². The molecular weight excluding hydrogens is 290 g/mol. The maximum absolute atomic E-state index is 5.28. The summed E-state index contributed by atoms with van der Waals surface area (Å²) in [6, 6.07) is 5.59. The molecule has 2 N–H and O–H groups in total. The smallest absolute Gasteiger partial charge is 0.187 e. The van der Waals surface area contributed by atoms with Crippen molar-refractivity contribution in [3.05, 3.63) is 23.8 Å². The number of hydrogen-bond donors (Lipinski definition) is 2. The monoisotopic (exact) mass is 311 g/mol. The molecule has 0 amide bonds. The topological polar surface area (TPSA) is 64.1 Å². The summed E-state index contributed by atoms with van der Waals surface area (Å²) in [7, 11) is 4.84. The van der Waals surface area contributed by atoms with E-state index in [1.807, 2.05) is 19.1 Å². The number of hydrogen-bond acceptors (Lipinski definition) is 5. The third kappa shape index (κ3) is 5.97. The van der Waals surface area contributed by atoms with Gasteiger partial charge in [-0.15, -0.1) is 0 Å². The van der Waals surface area contributed by atoms with E-state index in [-0.39, 0.29) is 6.04 Å². The summed E-state index contributed by atoms with van der Waals surface area (Å²) in [5.74, 6) is 1.40. The number of benzene rings is 1. The van der Waals surface area contributed by atoms with Crippen LogP contribution in [-0.4, -0.2) is 45.3 Å². The zero-order valence-corrected chi connectivity index (χ0v) is 13.5. The van der Waals surface area contributed by atoms with Crippen LogP contribution in [0.4, 0.5) is 0 Å². The Kier molecular flexibility index (Phi) is 7.49. The van der Waals surface area contributed by atoms with Crippen LogP contribution in [0.1, 0.15) is 12.5 Å². The van der Waals surface area contributed by atoms with Gasteiger partial charge in [-0.25, -0.2) is 0 Å². The first-order valence-electron chi connectivity index (χ1n) is 6.41. The molecule has 21 heavy (non-hydrogen) atoms. The summed E-state index contributed by atoms with van der Waals surface area (Å²) >= 11 is 5.12. The first-order valence-corrected chi connectivity index (χ1v) is 6.82. The molecule has 0 aromatic heterocycles. The molecule has 0 aliphatic rings. The predicted molar refractivity (Wildman–Crippen MR) is 87.3 cm³/mol. The SMILES string of the molecule is COC[C@H](C)NC(=S)N/N=C\c1ccc(OC)cc1OC. The second-order valence-corrected chi connectivity index (χ2v) is 4.72. The molecule has 1 atom stereocenters. The first kappa shape index (κ1) is 17.2. The Morgan fingerprint density at radius 1 is 1.33 bits per heavy atom. The van der Waals surface area contributed by atoms with Gasteiger partial charge in [0.25, 0.3) is 0 Å². The van der Waals surface area contributed by atoms with Crippen molar-refractivity contribution in [2.45, 2.75) is 13.0 Å². The molecule has 7 heteroatoms. The predicted octanol–water partition coefficient (Wildman–Crippen LogP) is 1.54. The summed E-state index contributed by atoms with van der Waals surface area (Å²) in [5, 5.41) is 7.56. The van der Waals surface area contributed by atoms with Gasteiger partial charge in [-0.05, 0) is 31.3 Å². The third-order valence-electron chi connectivity index (χ3n) is 2.60. The van der Waals surface area contributed by atoms with Crippen molar-refractivity contribution in [1.82, 2.24) is 10.7 Å². The van der Waals surface area contributed by atoms with Crippen molar-refractivity contribution in [2.75, 3.05) is 27.9 Å². The fraction of sp³-hybridized carbons (Fsp3) is 0.429. The molecule has 0 saturated heterocycles. The lowest BCUT2D eigenvalue weighted by molar-refractivity contribution is 0.179. The Hall–Kier alpha value is -1.86. The fourth-order valence-corrected chi connectivity index (χ4v) is 1.89. The number of ether oxygens (including phenoxy) is 3. The Bertz CT molecular complexity index is 494. The van der Waals surface area contributed by atoms with Crippen molar-refractivity contribution in [1.29, 1.82) is 0 Å². The molecule has 0 heterocycles. The molecule has 0 saturated carbocycles. The van der Waals surface area contributed by atoms with E-state index in [1.54, 1.807) is 33.6 Å². The molecule has 1 aromatic carbocycles. The van der Waals surface area contributed by atoms with Crippen molar-refractivity contribution in [3.63, 3.8) is 0 Å². The number of thiocarbonyl (C=S) groups is 1. The van der Waals surface area contributed by atoms with Crippen LogP contribution in [0.2, 0.25) is 0 Å². The normalized spacial score (nSPS) is 12.0. The van der Waals surface area contributed by atoms with Gasteiger partial charge in [0.1, 0.15) is 11.5 Å². The summed E-state index contributed by atoms with van der Waals surface area (Å²) < 4.78 is 15.4. The summed E-state index contributed by atoms with van der Waals surface area (Å²) in [6.45, 7) is 2.53. The van der Waals surface area contributed by atoms with E-state index in [0.29, 0.717) is 17.5 Å². The van der Waals surface area contributed by atoms with Crippen LogP contribution >= 0.6 is 12.2 Å². The molecule has 0 aliphatic carbocycles. The van der Waals surface area contributed by atoms with E-state index in [9.17, 15) is 0 Å². The van der Waals surface area contributed by atoms with Gasteiger partial charge < -0.3 is 19.5 Å². The summed E-state index contributed by atoms with van der Waals surface area (Å²) in [4.78, 5) is 0. The summed E-state index contributed by atoms with van der Waals surface area (Å²) in [5.41, 5.74) is 3.57. The second kappa shape index (κ2) is 9.15. The van der Waals surface area contributed by atoms with Gasteiger partial charge in [0.15, 0.2) is 5.11 Å². The molecule has 1 rings (SSSR count). The Morgan fingerprint density at radius 2 is 2.10 bits per heavy atom. The molecular formula is C14H21N3O3S. The lowest BCUT2D eigenvalue weighted by Crippen LogP contribution is -2.40. The average Bonchev–Trinajstić information content (AvgIpc) is 2.47. The molecule has 0 fully saturated rings. The van der Waals surface area contributed by atoms with Crippen LogP contribution < -0.4 is 20.2 Å². The Balaban J connectivity index is 2.58. The highest BCUT2D eigenvalue weighted by Crippen LogP contribution is 2.22. The van der Waals surface area contributed by atoms with E-state index >= 15 is 0 Å². The van der Waals surface area contributed by atoms with Crippen molar-refractivity contribution < 1.29 is 14.2 Å². The average molecular weight is 311 g/mol. The van der Waals surface area contributed by atoms with E-state index in [2.05, 4.69) is 15.8 Å². The van der Waals surface area contributed by atoms with Crippen molar-refractivity contribution in [2.24, 2.45) is 5.10 Å². The highest BCUT2D eigenvalue weighted by Gasteiger charge is 2.04. The second-order valence-electron chi connectivity index (χ2n) is 4.31. The number of rotatable bonds is 7. The van der Waals surface area contributed by atoms with Crippen LogP contribution in [0.5, 0.6) is 11.5 Å². The van der Waals surface area contributed by atoms with E-state index in [4.69, 9.17) is 26.4 Å². The Labute approximate surface area is 130 Å². The molecule has 6 nitrogen and oxygen atoms in total. The maximum Gasteiger partial charge on any atom is 0.187 e. The van der Waals surface area contributed by atoms with Gasteiger partial charge in [0.2, 0.25) is 0 Å². The highest BCUT2D eigenvalue weighted by atomic mass is 32.1. The standard InChI is InChI=1S/C14H21N3O3S/c1-10(9-18-2)16-14(21)17-15-8-11-5-6-12(19-3)7-13(11)20-4/h5-8,10H,9H2,1-4H3,(H2,16,17,21)/b15-8-/t10-/m0/s1. The molecule has 0 bridgehead atoms. The van der Waals surface area contributed by atoms with Gasteiger partial charge in [-0.3, -0.25) is 5.43 Å². The minimum Gasteiger partial charge on any atom is -0.497 e. The summed E-state index contributed by atoms with van der Waals surface area (Å²) in [6.07, 6.45) is 1.63. The minimum absolute atomic E-state index is 0.112. The van der Waals surface area contributed by atoms with E-state index < -0.39 is 0 Å². The van der Waals surface area contributed by atoms with Gasteiger partial charge in [0, 0.05) is 24.8 Å². The van der Waals surface area contributed by atoms with Crippen molar-refractivity contribution in [3.8, 4) is 11.5 Å².